The predicted octanol–water partition coefficient (Wildman–Crippen LogP) is 5.43. The van der Waals surface area contributed by atoms with E-state index in [0.29, 0.717) is 32.4 Å². The topological polar surface area (TPSA) is 129 Å². The van der Waals surface area contributed by atoms with Crippen LogP contribution in [0.4, 0.5) is 29.7 Å². The molecule has 0 saturated carbocycles. The highest BCUT2D eigenvalue weighted by Crippen LogP contribution is 2.31. The van der Waals surface area contributed by atoms with E-state index in [4.69, 9.17) is 4.52 Å². The van der Waals surface area contributed by atoms with E-state index in [9.17, 15) is 23.3 Å². The van der Waals surface area contributed by atoms with Gasteiger partial charge < -0.3 is 14.6 Å². The van der Waals surface area contributed by atoms with Gasteiger partial charge in [0.2, 0.25) is 16.8 Å². The van der Waals surface area contributed by atoms with Crippen molar-refractivity contribution >= 4 is 39.6 Å². The average molecular weight is 496 g/mol. The second-order valence-electron chi connectivity index (χ2n) is 6.18. The van der Waals surface area contributed by atoms with E-state index in [1.54, 1.807) is 6.07 Å². The maximum absolute atomic E-state index is 12.2. The molecule has 4 rings (SSSR count). The van der Waals surface area contributed by atoms with Gasteiger partial charge in [-0.25, -0.2) is 0 Å². The molecule has 0 bridgehead atoms. The largest absolute Gasteiger partial charge is 0.573 e. The van der Waals surface area contributed by atoms with Crippen LogP contribution in [-0.4, -0.2) is 31.6 Å². The van der Waals surface area contributed by atoms with Crippen molar-refractivity contribution in [3.63, 3.8) is 0 Å². The first kappa shape index (κ1) is 22.5. The van der Waals surface area contributed by atoms with Crippen molar-refractivity contribution in [2.45, 2.75) is 16.5 Å². The number of nitrogens with one attached hydrogen (secondary N) is 1. The maximum Gasteiger partial charge on any atom is 0.573 e. The van der Waals surface area contributed by atoms with Crippen LogP contribution in [0.25, 0.3) is 11.4 Å². The molecule has 2 aromatic carbocycles. The van der Waals surface area contributed by atoms with Crippen LogP contribution >= 0.6 is 23.1 Å². The number of non-ortho nitro benzene ring substituents is 1. The lowest BCUT2D eigenvalue weighted by atomic mass is 10.2. The molecule has 10 nitrogen and oxygen atoms in total. The number of nitro groups is 1. The number of benzene rings is 2. The minimum absolute atomic E-state index is 0.0790. The molecule has 0 amide bonds. The highest BCUT2D eigenvalue weighted by Gasteiger charge is 2.31. The second kappa shape index (κ2) is 9.41. The Kier molecular flexibility index (Phi) is 6.41. The van der Waals surface area contributed by atoms with Gasteiger partial charge in [0, 0.05) is 23.4 Å². The lowest BCUT2D eigenvalue weighted by Gasteiger charge is -2.09. The molecule has 0 unspecified atom stereocenters. The smallest absolute Gasteiger partial charge is 0.406 e. The van der Waals surface area contributed by atoms with Crippen molar-refractivity contribution in [1.82, 2.24) is 20.3 Å². The highest BCUT2D eigenvalue weighted by atomic mass is 32.2. The lowest BCUT2D eigenvalue weighted by molar-refractivity contribution is -0.384. The van der Waals surface area contributed by atoms with Gasteiger partial charge in [0.15, 0.2) is 4.34 Å². The van der Waals surface area contributed by atoms with Crippen LogP contribution in [0.15, 0.2) is 57.4 Å². The number of aromatic nitrogens is 4. The Morgan fingerprint density at radius 1 is 1.18 bits per heavy atom. The number of hydrogen-bond donors (Lipinski definition) is 1. The van der Waals surface area contributed by atoms with Crippen LogP contribution in [0, 0.1) is 10.1 Å². The standard InChI is InChI=1S/C18H11F3N6O4S2/c19-18(20,21)30-13-6-4-11(5-7-13)22-16-24-25-17(33-16)32-9-14-23-15(26-31-14)10-2-1-3-12(8-10)27(28)29/h1-8H,9H2,(H,22,24). The lowest BCUT2D eigenvalue weighted by Crippen LogP contribution is -2.16. The minimum Gasteiger partial charge on any atom is -0.406 e. The molecule has 15 heteroatoms. The van der Waals surface area contributed by atoms with E-state index in [-0.39, 0.29) is 17.3 Å². The monoisotopic (exact) mass is 496 g/mol. The van der Waals surface area contributed by atoms with Crippen LogP contribution in [0.2, 0.25) is 0 Å². The fourth-order valence-corrected chi connectivity index (χ4v) is 4.10. The van der Waals surface area contributed by atoms with Gasteiger partial charge in [-0.1, -0.05) is 40.4 Å². The van der Waals surface area contributed by atoms with Gasteiger partial charge in [-0.3, -0.25) is 10.1 Å². The summed E-state index contributed by atoms with van der Waals surface area (Å²) >= 11 is 2.51. The molecule has 0 saturated heterocycles. The number of hydrogen-bond acceptors (Lipinski definition) is 11. The van der Waals surface area contributed by atoms with Crippen molar-refractivity contribution in [3.05, 3.63) is 64.5 Å². The third-order valence-corrected chi connectivity index (χ3v) is 5.80. The van der Waals surface area contributed by atoms with Gasteiger partial charge in [0.05, 0.1) is 10.7 Å². The summed E-state index contributed by atoms with van der Waals surface area (Å²) in [6.07, 6.45) is -4.75. The molecule has 170 valence electrons. The van der Waals surface area contributed by atoms with E-state index >= 15 is 0 Å². The van der Waals surface area contributed by atoms with Gasteiger partial charge in [-0.15, -0.1) is 23.4 Å². The zero-order valence-electron chi connectivity index (χ0n) is 16.1. The molecule has 2 aromatic heterocycles. The first-order chi connectivity index (χ1) is 15.7. The predicted molar refractivity (Wildman–Crippen MR) is 112 cm³/mol. The Bertz CT molecular complexity index is 1260. The molecular formula is C18H11F3N6O4S2. The van der Waals surface area contributed by atoms with Crippen LogP contribution in [0.3, 0.4) is 0 Å². The molecule has 0 aliphatic rings. The van der Waals surface area contributed by atoms with Gasteiger partial charge in [-0.2, -0.15) is 4.98 Å². The molecule has 0 atom stereocenters. The van der Waals surface area contributed by atoms with Crippen molar-refractivity contribution < 1.29 is 27.4 Å². The average Bonchev–Trinajstić information content (AvgIpc) is 3.42. The van der Waals surface area contributed by atoms with Gasteiger partial charge in [0.1, 0.15) is 5.75 Å². The summed E-state index contributed by atoms with van der Waals surface area (Å²) in [7, 11) is 0. The number of ether oxygens (including phenoxy) is 1. The summed E-state index contributed by atoms with van der Waals surface area (Å²) < 4.78 is 46.3. The Hall–Kier alpha value is -3.72. The molecular weight excluding hydrogens is 485 g/mol. The molecule has 4 aromatic rings. The SMILES string of the molecule is O=[N+]([O-])c1cccc(-c2noc(CSc3nnc(Nc4ccc(OC(F)(F)F)cc4)s3)n2)c1. The molecule has 2 heterocycles. The highest BCUT2D eigenvalue weighted by molar-refractivity contribution is 8.00. The van der Waals surface area contributed by atoms with E-state index in [0.717, 1.165) is 0 Å². The fourth-order valence-electron chi connectivity index (χ4n) is 2.49. The Morgan fingerprint density at radius 2 is 1.97 bits per heavy atom. The van der Waals surface area contributed by atoms with Crippen LogP contribution in [0.1, 0.15) is 5.89 Å². The van der Waals surface area contributed by atoms with Crippen molar-refractivity contribution in [2.24, 2.45) is 0 Å². The number of nitrogens with zero attached hydrogens (tertiary/aromatic N) is 5. The number of thioether (sulfide) groups is 1. The quantitative estimate of drug-likeness (QED) is 0.191. The summed E-state index contributed by atoms with van der Waals surface area (Å²) in [5.41, 5.74) is 0.888. The Balaban J connectivity index is 1.33. The van der Waals surface area contributed by atoms with Crippen LogP contribution in [0.5, 0.6) is 5.75 Å². The molecule has 0 aliphatic heterocycles. The summed E-state index contributed by atoms with van der Waals surface area (Å²) in [6, 6.07) is 11.1. The maximum atomic E-state index is 12.2. The first-order valence-corrected chi connectivity index (χ1v) is 10.7. The normalized spacial score (nSPS) is 11.4. The summed E-state index contributed by atoms with van der Waals surface area (Å²) in [5, 5.41) is 26.1. The first-order valence-electron chi connectivity index (χ1n) is 8.92. The summed E-state index contributed by atoms with van der Waals surface area (Å²) in [6.45, 7) is 0. The molecule has 33 heavy (non-hydrogen) atoms. The minimum atomic E-state index is -4.75. The van der Waals surface area contributed by atoms with Gasteiger partial charge in [-0.05, 0) is 24.3 Å². The number of nitro benzene ring substituents is 1. The van der Waals surface area contributed by atoms with Crippen LogP contribution in [-0.2, 0) is 5.75 Å². The van der Waals surface area contributed by atoms with E-state index in [1.807, 2.05) is 0 Å². The molecule has 0 fully saturated rings. The van der Waals surface area contributed by atoms with Crippen LogP contribution < -0.4 is 10.1 Å². The number of alkyl halides is 3. The van der Waals surface area contributed by atoms with Crippen molar-refractivity contribution in [2.75, 3.05) is 5.32 Å². The fraction of sp³-hybridized carbons (Fsp3) is 0.111. The molecule has 0 radical (unpaired) electrons. The van der Waals surface area contributed by atoms with Gasteiger partial charge >= 0.3 is 6.36 Å². The number of halogens is 3. The van der Waals surface area contributed by atoms with Crippen molar-refractivity contribution in [1.29, 1.82) is 0 Å². The molecule has 0 spiro atoms. The summed E-state index contributed by atoms with van der Waals surface area (Å²) in [4.78, 5) is 14.6. The third-order valence-electron chi connectivity index (χ3n) is 3.85. The molecule has 1 N–H and O–H groups in total. The van der Waals surface area contributed by atoms with E-state index < -0.39 is 11.3 Å². The third kappa shape index (κ3) is 6.17. The zero-order valence-corrected chi connectivity index (χ0v) is 17.8. The van der Waals surface area contributed by atoms with E-state index in [2.05, 4.69) is 30.4 Å². The summed E-state index contributed by atoms with van der Waals surface area (Å²) in [5.74, 6) is 0.490. The zero-order chi connectivity index (χ0) is 23.4. The Labute approximate surface area is 191 Å². The van der Waals surface area contributed by atoms with E-state index in [1.165, 1.54) is 65.6 Å². The Morgan fingerprint density at radius 3 is 2.70 bits per heavy atom. The molecule has 0 aliphatic carbocycles. The van der Waals surface area contributed by atoms with Crippen molar-refractivity contribution in [3.8, 4) is 17.1 Å². The second-order valence-corrected chi connectivity index (χ2v) is 8.38. The van der Waals surface area contributed by atoms with Gasteiger partial charge in [0.25, 0.3) is 5.69 Å². The number of rotatable bonds is 8. The number of anilines is 2.